The van der Waals surface area contributed by atoms with Gasteiger partial charge in [0, 0.05) is 5.56 Å². The molecule has 1 atom stereocenters. The van der Waals surface area contributed by atoms with Gasteiger partial charge in [-0.2, -0.15) is 0 Å². The van der Waals surface area contributed by atoms with Gasteiger partial charge in [-0.3, -0.25) is 0 Å². The van der Waals surface area contributed by atoms with Crippen LogP contribution in [0.5, 0.6) is 0 Å². The molecule has 2 aromatic carbocycles. The number of benzene rings is 2. The molecule has 0 aromatic heterocycles. The molecule has 0 radical (unpaired) electrons. The molecule has 2 aromatic rings. The zero-order valence-electron chi connectivity index (χ0n) is 11.3. The minimum atomic E-state index is -0.208. The summed E-state index contributed by atoms with van der Waals surface area (Å²) in [5, 5.41) is 3.19. The van der Waals surface area contributed by atoms with Crippen LogP contribution in [0.25, 0.3) is 0 Å². The highest BCUT2D eigenvalue weighted by Crippen LogP contribution is 2.29. The zero-order chi connectivity index (χ0) is 14.0. The molecule has 19 heavy (non-hydrogen) atoms. The van der Waals surface area contributed by atoms with E-state index in [1.807, 2.05) is 25.2 Å². The minimum absolute atomic E-state index is 0.142. The summed E-state index contributed by atoms with van der Waals surface area (Å²) in [5.74, 6) is -0.208. The smallest absolute Gasteiger partial charge is 0.142 e. The Labute approximate surface area is 122 Å². The molecule has 0 aliphatic carbocycles. The second-order valence-corrected chi connectivity index (χ2v) is 5.56. The molecule has 3 heteroatoms. The van der Waals surface area contributed by atoms with Crippen molar-refractivity contribution in [2.24, 2.45) is 0 Å². The Morgan fingerprint density at radius 1 is 1.11 bits per heavy atom. The van der Waals surface area contributed by atoms with Gasteiger partial charge in [0.15, 0.2) is 0 Å². The predicted molar refractivity (Wildman–Crippen MR) is 80.9 cm³/mol. The van der Waals surface area contributed by atoms with Crippen molar-refractivity contribution in [3.8, 4) is 0 Å². The van der Waals surface area contributed by atoms with E-state index in [2.05, 4.69) is 47.2 Å². The fourth-order valence-electron chi connectivity index (χ4n) is 2.19. The first-order chi connectivity index (χ1) is 9.04. The Morgan fingerprint density at radius 3 is 2.47 bits per heavy atom. The standard InChI is InChI=1S/C16H17BrFN/c1-10-7-8-12(9-11(10)2)16(19-3)13-5-4-6-14(17)15(13)18/h4-9,16,19H,1-3H3. The lowest BCUT2D eigenvalue weighted by atomic mass is 9.95. The van der Waals surface area contributed by atoms with Gasteiger partial charge in [0.1, 0.15) is 5.82 Å². The summed E-state index contributed by atoms with van der Waals surface area (Å²) < 4.78 is 14.7. The average molecular weight is 322 g/mol. The molecular weight excluding hydrogens is 305 g/mol. The summed E-state index contributed by atoms with van der Waals surface area (Å²) >= 11 is 3.24. The van der Waals surface area contributed by atoms with E-state index >= 15 is 0 Å². The Morgan fingerprint density at radius 2 is 1.84 bits per heavy atom. The molecule has 2 rings (SSSR count). The summed E-state index contributed by atoms with van der Waals surface area (Å²) in [6.07, 6.45) is 0. The Kier molecular flexibility index (Phi) is 4.38. The number of hydrogen-bond acceptors (Lipinski definition) is 1. The van der Waals surface area contributed by atoms with Gasteiger partial charge in [-0.15, -0.1) is 0 Å². The second kappa shape index (κ2) is 5.85. The number of nitrogens with one attached hydrogen (secondary N) is 1. The molecule has 0 heterocycles. The minimum Gasteiger partial charge on any atom is -0.309 e. The molecule has 1 N–H and O–H groups in total. The predicted octanol–water partition coefficient (Wildman–Crippen LogP) is 4.51. The lowest BCUT2D eigenvalue weighted by Gasteiger charge is -2.19. The van der Waals surface area contributed by atoms with Gasteiger partial charge in [0.05, 0.1) is 10.5 Å². The molecule has 0 saturated carbocycles. The van der Waals surface area contributed by atoms with Gasteiger partial charge in [-0.05, 0) is 59.6 Å². The second-order valence-electron chi connectivity index (χ2n) is 4.71. The molecule has 0 spiro atoms. The molecule has 100 valence electrons. The van der Waals surface area contributed by atoms with E-state index in [0.717, 1.165) is 5.56 Å². The van der Waals surface area contributed by atoms with Crippen LogP contribution in [0.15, 0.2) is 40.9 Å². The van der Waals surface area contributed by atoms with E-state index in [4.69, 9.17) is 0 Å². The van der Waals surface area contributed by atoms with E-state index in [1.54, 1.807) is 6.07 Å². The number of halogens is 2. The van der Waals surface area contributed by atoms with Gasteiger partial charge < -0.3 is 5.32 Å². The Balaban J connectivity index is 2.50. The highest BCUT2D eigenvalue weighted by molar-refractivity contribution is 9.10. The molecule has 1 unspecified atom stereocenters. The molecule has 0 amide bonds. The van der Waals surface area contributed by atoms with Crippen LogP contribution < -0.4 is 5.32 Å². The molecule has 0 aliphatic heterocycles. The van der Waals surface area contributed by atoms with E-state index in [1.165, 1.54) is 11.1 Å². The van der Waals surface area contributed by atoms with Crippen LogP contribution in [0, 0.1) is 19.7 Å². The Hall–Kier alpha value is -1.19. The SMILES string of the molecule is CNC(c1ccc(C)c(C)c1)c1cccc(Br)c1F. The largest absolute Gasteiger partial charge is 0.309 e. The lowest BCUT2D eigenvalue weighted by molar-refractivity contribution is 0.571. The summed E-state index contributed by atoms with van der Waals surface area (Å²) in [7, 11) is 1.85. The molecule has 0 fully saturated rings. The summed E-state index contributed by atoms with van der Waals surface area (Å²) in [6, 6.07) is 11.5. The first-order valence-corrected chi connectivity index (χ1v) is 7.02. The molecule has 0 bridgehead atoms. The van der Waals surface area contributed by atoms with Gasteiger partial charge in [-0.1, -0.05) is 30.3 Å². The molecule has 1 nitrogen and oxygen atoms in total. The summed E-state index contributed by atoms with van der Waals surface area (Å²) in [6.45, 7) is 4.15. The first kappa shape index (κ1) is 14.2. The third-order valence-electron chi connectivity index (χ3n) is 3.45. The maximum Gasteiger partial charge on any atom is 0.142 e. The fraction of sp³-hybridized carbons (Fsp3) is 0.250. The first-order valence-electron chi connectivity index (χ1n) is 6.23. The van der Waals surface area contributed by atoms with E-state index in [0.29, 0.717) is 10.0 Å². The van der Waals surface area contributed by atoms with Crippen molar-refractivity contribution in [1.29, 1.82) is 0 Å². The van der Waals surface area contributed by atoms with Crippen LogP contribution >= 0.6 is 15.9 Å². The van der Waals surface area contributed by atoms with Crippen LogP contribution in [0.3, 0.4) is 0 Å². The Bertz CT molecular complexity index is 595. The monoisotopic (exact) mass is 321 g/mol. The maximum absolute atomic E-state index is 14.2. The van der Waals surface area contributed by atoms with Crippen molar-refractivity contribution in [2.75, 3.05) is 7.05 Å². The summed E-state index contributed by atoms with van der Waals surface area (Å²) in [5.41, 5.74) is 4.18. The van der Waals surface area contributed by atoms with Crippen molar-refractivity contribution in [3.05, 3.63) is 68.9 Å². The van der Waals surface area contributed by atoms with Gasteiger partial charge in [-0.25, -0.2) is 4.39 Å². The number of rotatable bonds is 3. The molecular formula is C16H17BrFN. The van der Waals surface area contributed by atoms with Crippen molar-refractivity contribution in [1.82, 2.24) is 5.32 Å². The van der Waals surface area contributed by atoms with Gasteiger partial charge in [0.25, 0.3) is 0 Å². The highest BCUT2D eigenvalue weighted by atomic mass is 79.9. The molecule has 0 aliphatic rings. The van der Waals surface area contributed by atoms with Crippen LogP contribution in [0.1, 0.15) is 28.3 Å². The number of aryl methyl sites for hydroxylation is 2. The average Bonchev–Trinajstić information content (AvgIpc) is 2.39. The van der Waals surface area contributed by atoms with Crippen LogP contribution in [-0.2, 0) is 0 Å². The van der Waals surface area contributed by atoms with E-state index < -0.39 is 0 Å². The fourth-order valence-corrected chi connectivity index (χ4v) is 2.57. The zero-order valence-corrected chi connectivity index (χ0v) is 12.9. The van der Waals surface area contributed by atoms with Gasteiger partial charge >= 0.3 is 0 Å². The third-order valence-corrected chi connectivity index (χ3v) is 4.06. The lowest BCUT2D eigenvalue weighted by Crippen LogP contribution is -2.19. The van der Waals surface area contributed by atoms with E-state index in [9.17, 15) is 4.39 Å². The topological polar surface area (TPSA) is 12.0 Å². The van der Waals surface area contributed by atoms with E-state index in [-0.39, 0.29) is 11.9 Å². The highest BCUT2D eigenvalue weighted by Gasteiger charge is 2.17. The summed E-state index contributed by atoms with van der Waals surface area (Å²) in [4.78, 5) is 0. The van der Waals surface area contributed by atoms with Gasteiger partial charge in [0.2, 0.25) is 0 Å². The van der Waals surface area contributed by atoms with Crippen molar-refractivity contribution >= 4 is 15.9 Å². The quantitative estimate of drug-likeness (QED) is 0.876. The maximum atomic E-state index is 14.2. The molecule has 0 saturated heterocycles. The van der Waals surface area contributed by atoms with Crippen molar-refractivity contribution in [2.45, 2.75) is 19.9 Å². The third kappa shape index (κ3) is 2.88. The van der Waals surface area contributed by atoms with Crippen LogP contribution in [-0.4, -0.2) is 7.05 Å². The van der Waals surface area contributed by atoms with Crippen molar-refractivity contribution in [3.63, 3.8) is 0 Å². The van der Waals surface area contributed by atoms with Crippen LogP contribution in [0.4, 0.5) is 4.39 Å². The number of hydrogen-bond donors (Lipinski definition) is 1. The van der Waals surface area contributed by atoms with Crippen molar-refractivity contribution < 1.29 is 4.39 Å². The normalized spacial score (nSPS) is 12.5. The van der Waals surface area contributed by atoms with Crippen LogP contribution in [0.2, 0.25) is 0 Å².